The van der Waals surface area contributed by atoms with Gasteiger partial charge in [0.15, 0.2) is 5.78 Å². The molecule has 27 heavy (non-hydrogen) atoms. The van der Waals surface area contributed by atoms with E-state index in [4.69, 9.17) is 9.47 Å². The van der Waals surface area contributed by atoms with E-state index >= 15 is 0 Å². The van der Waals surface area contributed by atoms with E-state index in [1.807, 2.05) is 12.1 Å². The van der Waals surface area contributed by atoms with Gasteiger partial charge in [0.05, 0.1) is 19.6 Å². The molecular formula is C22H33NO4. The van der Waals surface area contributed by atoms with Crippen molar-refractivity contribution < 1.29 is 19.1 Å². The molecule has 1 fully saturated rings. The molecule has 0 spiro atoms. The maximum atomic E-state index is 12.7. The standard InChI is InChI=1S/C22H33NO4/c1-5-26-20(24)16-22(3,4)21(25)18-9-11-19(12-10-18)27-15-7-14-23-13-6-8-17(23)2/h9-12,17H,5-8,13-16H2,1-4H3/t17-/m1/s1. The second-order valence-corrected chi connectivity index (χ2v) is 7.95. The van der Waals surface area contributed by atoms with Gasteiger partial charge in [-0.15, -0.1) is 0 Å². The number of carbonyl (C=O) groups excluding carboxylic acids is 2. The van der Waals surface area contributed by atoms with Gasteiger partial charge in [0.1, 0.15) is 5.75 Å². The Kier molecular flexibility index (Phi) is 7.84. The second kappa shape index (κ2) is 9.88. The lowest BCUT2D eigenvalue weighted by Crippen LogP contribution is -2.28. The number of hydrogen-bond donors (Lipinski definition) is 0. The number of hydrogen-bond acceptors (Lipinski definition) is 5. The lowest BCUT2D eigenvalue weighted by Gasteiger charge is -2.22. The zero-order valence-electron chi connectivity index (χ0n) is 17.1. The molecule has 1 aromatic rings. The highest BCUT2D eigenvalue weighted by Gasteiger charge is 2.32. The first kappa shape index (κ1) is 21.4. The molecule has 0 N–H and O–H groups in total. The molecular weight excluding hydrogens is 342 g/mol. The van der Waals surface area contributed by atoms with E-state index in [1.165, 1.54) is 19.4 Å². The van der Waals surface area contributed by atoms with Crippen molar-refractivity contribution in [2.45, 2.75) is 59.4 Å². The largest absolute Gasteiger partial charge is 0.494 e. The van der Waals surface area contributed by atoms with Crippen LogP contribution in [0.3, 0.4) is 0 Å². The van der Waals surface area contributed by atoms with Gasteiger partial charge in [-0.2, -0.15) is 0 Å². The van der Waals surface area contributed by atoms with Crippen molar-refractivity contribution in [3.8, 4) is 5.75 Å². The zero-order valence-corrected chi connectivity index (χ0v) is 17.1. The fourth-order valence-corrected chi connectivity index (χ4v) is 3.53. The summed E-state index contributed by atoms with van der Waals surface area (Å²) in [6, 6.07) is 7.88. The molecule has 150 valence electrons. The Morgan fingerprint density at radius 1 is 1.22 bits per heavy atom. The molecule has 0 unspecified atom stereocenters. The Hall–Kier alpha value is -1.88. The monoisotopic (exact) mass is 375 g/mol. The van der Waals surface area contributed by atoms with Crippen molar-refractivity contribution in [1.82, 2.24) is 4.90 Å². The van der Waals surface area contributed by atoms with Crippen molar-refractivity contribution in [3.63, 3.8) is 0 Å². The molecule has 0 aromatic heterocycles. The van der Waals surface area contributed by atoms with Crippen LogP contribution in [-0.4, -0.2) is 49.0 Å². The number of ketones is 1. The van der Waals surface area contributed by atoms with Crippen LogP contribution in [0, 0.1) is 5.41 Å². The number of nitrogens with zero attached hydrogens (tertiary/aromatic N) is 1. The fourth-order valence-electron chi connectivity index (χ4n) is 3.53. The van der Waals surface area contributed by atoms with E-state index in [0.29, 0.717) is 24.8 Å². The number of rotatable bonds is 10. The molecule has 5 heteroatoms. The Balaban J connectivity index is 1.81. The quantitative estimate of drug-likeness (QED) is 0.350. The van der Waals surface area contributed by atoms with Gasteiger partial charge in [-0.05, 0) is 63.9 Å². The highest BCUT2D eigenvalue weighted by atomic mass is 16.5. The molecule has 0 aliphatic carbocycles. The third-order valence-corrected chi connectivity index (χ3v) is 5.17. The van der Waals surface area contributed by atoms with Gasteiger partial charge in [0.2, 0.25) is 0 Å². The van der Waals surface area contributed by atoms with Crippen LogP contribution in [0.25, 0.3) is 0 Å². The topological polar surface area (TPSA) is 55.8 Å². The number of likely N-dealkylation sites (tertiary alicyclic amines) is 1. The van der Waals surface area contributed by atoms with Crippen LogP contribution in [-0.2, 0) is 9.53 Å². The summed E-state index contributed by atoms with van der Waals surface area (Å²) in [5.74, 6) is 0.359. The minimum Gasteiger partial charge on any atom is -0.494 e. The molecule has 1 aliphatic rings. The smallest absolute Gasteiger partial charge is 0.306 e. The Labute approximate surface area is 163 Å². The van der Waals surface area contributed by atoms with Crippen LogP contribution in [0.4, 0.5) is 0 Å². The second-order valence-electron chi connectivity index (χ2n) is 7.95. The highest BCUT2D eigenvalue weighted by Crippen LogP contribution is 2.27. The molecule has 1 heterocycles. The van der Waals surface area contributed by atoms with Gasteiger partial charge in [0.25, 0.3) is 0 Å². The van der Waals surface area contributed by atoms with Gasteiger partial charge in [0, 0.05) is 23.6 Å². The van der Waals surface area contributed by atoms with E-state index in [0.717, 1.165) is 18.7 Å². The van der Waals surface area contributed by atoms with Crippen LogP contribution < -0.4 is 4.74 Å². The van der Waals surface area contributed by atoms with Crippen molar-refractivity contribution in [1.29, 1.82) is 0 Å². The summed E-state index contributed by atoms with van der Waals surface area (Å²) in [5.41, 5.74) is -0.205. The van der Waals surface area contributed by atoms with Crippen molar-refractivity contribution in [2.24, 2.45) is 5.41 Å². The average molecular weight is 376 g/mol. The molecule has 1 saturated heterocycles. The molecule has 1 aliphatic heterocycles. The van der Waals surface area contributed by atoms with Crippen LogP contribution in [0.2, 0.25) is 0 Å². The summed E-state index contributed by atoms with van der Waals surface area (Å²) >= 11 is 0. The van der Waals surface area contributed by atoms with Crippen LogP contribution in [0.1, 0.15) is 63.7 Å². The lowest BCUT2D eigenvalue weighted by molar-refractivity contribution is -0.144. The Morgan fingerprint density at radius 3 is 2.52 bits per heavy atom. The van der Waals surface area contributed by atoms with Crippen LogP contribution in [0.15, 0.2) is 24.3 Å². The summed E-state index contributed by atoms with van der Waals surface area (Å²) in [6.07, 6.45) is 3.66. The van der Waals surface area contributed by atoms with Gasteiger partial charge >= 0.3 is 5.97 Å². The van der Waals surface area contributed by atoms with E-state index in [9.17, 15) is 9.59 Å². The Morgan fingerprint density at radius 2 is 1.93 bits per heavy atom. The number of carbonyl (C=O) groups is 2. The van der Waals surface area contributed by atoms with Crippen molar-refractivity contribution in [2.75, 3.05) is 26.3 Å². The first-order valence-electron chi connectivity index (χ1n) is 10.0. The van der Waals surface area contributed by atoms with E-state index in [2.05, 4.69) is 11.8 Å². The lowest BCUT2D eigenvalue weighted by atomic mass is 9.81. The number of ether oxygens (including phenoxy) is 2. The molecule has 5 nitrogen and oxygen atoms in total. The van der Waals surface area contributed by atoms with Gasteiger partial charge in [-0.1, -0.05) is 13.8 Å². The van der Waals surface area contributed by atoms with Gasteiger partial charge in [-0.25, -0.2) is 0 Å². The van der Waals surface area contributed by atoms with Gasteiger partial charge in [-0.3, -0.25) is 9.59 Å². The predicted molar refractivity (Wildman–Crippen MR) is 106 cm³/mol. The van der Waals surface area contributed by atoms with E-state index in [-0.39, 0.29) is 18.2 Å². The molecule has 0 saturated carbocycles. The summed E-state index contributed by atoms with van der Waals surface area (Å²) in [5, 5.41) is 0. The predicted octanol–water partition coefficient (Wildman–Crippen LogP) is 4.10. The molecule has 1 aromatic carbocycles. The normalized spacial score (nSPS) is 17.7. The van der Waals surface area contributed by atoms with Crippen molar-refractivity contribution in [3.05, 3.63) is 29.8 Å². The maximum Gasteiger partial charge on any atom is 0.306 e. The number of benzene rings is 1. The minimum absolute atomic E-state index is 0.0647. The zero-order chi connectivity index (χ0) is 19.9. The van der Waals surface area contributed by atoms with Crippen molar-refractivity contribution >= 4 is 11.8 Å². The van der Waals surface area contributed by atoms with Gasteiger partial charge < -0.3 is 14.4 Å². The third-order valence-electron chi connectivity index (χ3n) is 5.17. The van der Waals surface area contributed by atoms with Crippen LogP contribution >= 0.6 is 0 Å². The summed E-state index contributed by atoms with van der Waals surface area (Å²) in [4.78, 5) is 26.9. The minimum atomic E-state index is -0.791. The van der Waals surface area contributed by atoms with Crippen LogP contribution in [0.5, 0.6) is 5.75 Å². The first-order valence-corrected chi connectivity index (χ1v) is 10.0. The molecule has 0 bridgehead atoms. The third kappa shape index (κ3) is 6.35. The molecule has 2 rings (SSSR count). The fraction of sp³-hybridized carbons (Fsp3) is 0.636. The summed E-state index contributed by atoms with van der Waals surface area (Å²) in [6.45, 7) is 10.9. The number of esters is 1. The summed E-state index contributed by atoms with van der Waals surface area (Å²) < 4.78 is 10.8. The molecule has 0 radical (unpaired) electrons. The maximum absolute atomic E-state index is 12.7. The molecule has 0 amide bonds. The number of Topliss-reactive ketones (excluding diaryl/α,β-unsaturated/α-hetero) is 1. The first-order chi connectivity index (χ1) is 12.8. The Bertz CT molecular complexity index is 624. The SMILES string of the molecule is CCOC(=O)CC(C)(C)C(=O)c1ccc(OCCCN2CCC[C@H]2C)cc1. The summed E-state index contributed by atoms with van der Waals surface area (Å²) in [7, 11) is 0. The highest BCUT2D eigenvalue weighted by molar-refractivity contribution is 6.01. The molecule has 1 atom stereocenters. The average Bonchev–Trinajstić information content (AvgIpc) is 3.03. The van der Waals surface area contributed by atoms with E-state index in [1.54, 1.807) is 32.9 Å². The van der Waals surface area contributed by atoms with E-state index < -0.39 is 5.41 Å².